The van der Waals surface area contributed by atoms with Gasteiger partial charge in [0.05, 0.1) is 0 Å². The van der Waals surface area contributed by atoms with Gasteiger partial charge in [-0.1, -0.05) is 0 Å². The molecule has 0 heterocycles. The lowest BCUT2D eigenvalue weighted by atomic mass is 10.1. The third-order valence-corrected chi connectivity index (χ3v) is 2.16. The van der Waals surface area contributed by atoms with Crippen LogP contribution in [0.1, 0.15) is 21.5 Å². The first kappa shape index (κ1) is 8.34. The minimum atomic E-state index is 0.663. The van der Waals surface area contributed by atoms with Crippen LogP contribution in [0.5, 0.6) is 0 Å². The van der Waals surface area contributed by atoms with Crippen molar-refractivity contribution in [1.29, 1.82) is 0 Å². The van der Waals surface area contributed by atoms with Gasteiger partial charge < -0.3 is 0 Å². The number of hydrogen-bond donors (Lipinski definition) is 1. The largest absolute Gasteiger partial charge is 0.298 e. The molecule has 0 atom stereocenters. The van der Waals surface area contributed by atoms with Crippen molar-refractivity contribution < 1.29 is 4.79 Å². The van der Waals surface area contributed by atoms with Crippen LogP contribution < -0.4 is 0 Å². The van der Waals surface area contributed by atoms with Gasteiger partial charge in [-0.3, -0.25) is 4.79 Å². The Morgan fingerprint density at radius 1 is 1.27 bits per heavy atom. The summed E-state index contributed by atoms with van der Waals surface area (Å²) in [6, 6.07) is 3.76. The number of carbonyl (C=O) groups excluding carboxylic acids is 1. The summed E-state index contributed by atoms with van der Waals surface area (Å²) in [4.78, 5) is 11.2. The zero-order valence-corrected chi connectivity index (χ0v) is 7.48. The van der Waals surface area contributed by atoms with Crippen LogP contribution in [0, 0.1) is 13.8 Å². The van der Waals surface area contributed by atoms with Crippen LogP contribution in [0.4, 0.5) is 0 Å². The Balaban J connectivity index is 3.31. The first-order valence-electron chi connectivity index (χ1n) is 3.40. The van der Waals surface area contributed by atoms with E-state index in [4.69, 9.17) is 0 Å². The monoisotopic (exact) mass is 166 g/mol. The summed E-state index contributed by atoms with van der Waals surface area (Å²) in [5, 5.41) is 0. The van der Waals surface area contributed by atoms with Gasteiger partial charge in [0.15, 0.2) is 6.29 Å². The van der Waals surface area contributed by atoms with Gasteiger partial charge in [-0.2, -0.15) is 0 Å². The van der Waals surface area contributed by atoms with E-state index in [9.17, 15) is 4.79 Å². The van der Waals surface area contributed by atoms with Crippen molar-refractivity contribution in [2.24, 2.45) is 0 Å². The Bertz CT molecular complexity index is 292. The van der Waals surface area contributed by atoms with Crippen LogP contribution in [0.25, 0.3) is 0 Å². The number of carbonyl (C=O) groups is 1. The molecular weight excluding hydrogens is 156 g/mol. The predicted octanol–water partition coefficient (Wildman–Crippen LogP) is 2.40. The quantitative estimate of drug-likeness (QED) is 0.501. The molecule has 0 N–H and O–H groups in total. The SMILES string of the molecule is Cc1cc(S)c(C=O)cc1C. The van der Waals surface area contributed by atoms with E-state index in [1.807, 2.05) is 26.0 Å². The van der Waals surface area contributed by atoms with Gasteiger partial charge >= 0.3 is 0 Å². The fourth-order valence-electron chi connectivity index (χ4n) is 0.918. The topological polar surface area (TPSA) is 17.1 Å². The van der Waals surface area contributed by atoms with E-state index < -0.39 is 0 Å². The van der Waals surface area contributed by atoms with E-state index >= 15 is 0 Å². The molecule has 0 saturated carbocycles. The molecular formula is C9H10OS. The van der Waals surface area contributed by atoms with Crippen molar-refractivity contribution >= 4 is 18.9 Å². The van der Waals surface area contributed by atoms with Crippen LogP contribution in [0.15, 0.2) is 17.0 Å². The Morgan fingerprint density at radius 2 is 1.82 bits per heavy atom. The van der Waals surface area contributed by atoms with Crippen LogP contribution in [0.2, 0.25) is 0 Å². The number of hydrogen-bond acceptors (Lipinski definition) is 2. The van der Waals surface area contributed by atoms with E-state index in [1.165, 1.54) is 5.56 Å². The molecule has 0 fully saturated rings. The fourth-order valence-corrected chi connectivity index (χ4v) is 1.23. The minimum Gasteiger partial charge on any atom is -0.298 e. The molecule has 0 unspecified atom stereocenters. The standard InChI is InChI=1S/C9H10OS/c1-6-3-8(5-10)9(11)4-7(6)2/h3-5,11H,1-2H3. The molecule has 0 aliphatic carbocycles. The molecule has 1 nitrogen and oxygen atoms in total. The van der Waals surface area contributed by atoms with Crippen LogP contribution in [-0.4, -0.2) is 6.29 Å². The average molecular weight is 166 g/mol. The third-order valence-electron chi connectivity index (χ3n) is 1.77. The zero-order chi connectivity index (χ0) is 8.43. The molecule has 1 aromatic rings. The highest BCUT2D eigenvalue weighted by Crippen LogP contribution is 2.17. The maximum atomic E-state index is 10.4. The lowest BCUT2D eigenvalue weighted by molar-refractivity contribution is 0.112. The Kier molecular flexibility index (Phi) is 2.35. The number of thiol groups is 1. The molecule has 0 aliphatic heterocycles. The van der Waals surface area contributed by atoms with Crippen LogP contribution >= 0.6 is 12.6 Å². The fraction of sp³-hybridized carbons (Fsp3) is 0.222. The second-order valence-corrected chi connectivity index (χ2v) is 3.09. The Labute approximate surface area is 71.8 Å². The van der Waals surface area contributed by atoms with Gasteiger partial charge in [-0.15, -0.1) is 12.6 Å². The highest BCUT2D eigenvalue weighted by Gasteiger charge is 1.99. The van der Waals surface area contributed by atoms with E-state index in [1.54, 1.807) is 0 Å². The average Bonchev–Trinajstić information content (AvgIpc) is 1.97. The molecule has 2 heteroatoms. The lowest BCUT2D eigenvalue weighted by Gasteiger charge is -2.02. The van der Waals surface area contributed by atoms with Gasteiger partial charge in [0.2, 0.25) is 0 Å². The van der Waals surface area contributed by atoms with Gasteiger partial charge in [0.25, 0.3) is 0 Å². The van der Waals surface area contributed by atoms with Crippen molar-refractivity contribution in [3.05, 3.63) is 28.8 Å². The molecule has 11 heavy (non-hydrogen) atoms. The number of benzene rings is 1. The molecule has 0 aromatic heterocycles. The molecule has 0 bridgehead atoms. The molecule has 0 aliphatic rings. The van der Waals surface area contributed by atoms with Crippen molar-refractivity contribution in [3.63, 3.8) is 0 Å². The van der Waals surface area contributed by atoms with Crippen molar-refractivity contribution in [1.82, 2.24) is 0 Å². The summed E-state index contributed by atoms with van der Waals surface area (Å²) in [6.45, 7) is 3.99. The zero-order valence-electron chi connectivity index (χ0n) is 6.59. The van der Waals surface area contributed by atoms with Crippen LogP contribution in [0.3, 0.4) is 0 Å². The highest BCUT2D eigenvalue weighted by molar-refractivity contribution is 7.80. The third kappa shape index (κ3) is 1.63. The summed E-state index contributed by atoms with van der Waals surface area (Å²) >= 11 is 4.16. The molecule has 58 valence electrons. The predicted molar refractivity (Wildman–Crippen MR) is 48.6 cm³/mol. The summed E-state index contributed by atoms with van der Waals surface area (Å²) in [7, 11) is 0. The molecule has 0 amide bonds. The van der Waals surface area contributed by atoms with E-state index in [0.717, 1.165) is 16.7 Å². The summed E-state index contributed by atoms with van der Waals surface area (Å²) < 4.78 is 0. The number of aldehydes is 1. The first-order valence-corrected chi connectivity index (χ1v) is 3.85. The number of rotatable bonds is 1. The molecule has 1 rings (SSSR count). The second-order valence-electron chi connectivity index (χ2n) is 2.61. The lowest BCUT2D eigenvalue weighted by Crippen LogP contribution is -1.87. The van der Waals surface area contributed by atoms with Gasteiger partial charge in [-0.05, 0) is 37.1 Å². The molecule has 1 aromatic carbocycles. The smallest absolute Gasteiger partial charge is 0.151 e. The van der Waals surface area contributed by atoms with Gasteiger partial charge in [0.1, 0.15) is 0 Å². The second kappa shape index (κ2) is 3.09. The highest BCUT2D eigenvalue weighted by atomic mass is 32.1. The van der Waals surface area contributed by atoms with E-state index in [-0.39, 0.29) is 0 Å². The summed E-state index contributed by atoms with van der Waals surface area (Å²) in [5.74, 6) is 0. The van der Waals surface area contributed by atoms with E-state index in [2.05, 4.69) is 12.6 Å². The van der Waals surface area contributed by atoms with E-state index in [0.29, 0.717) is 5.56 Å². The van der Waals surface area contributed by atoms with Gasteiger partial charge in [0, 0.05) is 10.5 Å². The first-order chi connectivity index (χ1) is 5.15. The summed E-state index contributed by atoms with van der Waals surface area (Å²) in [5.41, 5.74) is 2.96. The maximum Gasteiger partial charge on any atom is 0.151 e. The Morgan fingerprint density at radius 3 is 2.36 bits per heavy atom. The maximum absolute atomic E-state index is 10.4. The van der Waals surface area contributed by atoms with Crippen molar-refractivity contribution in [2.75, 3.05) is 0 Å². The minimum absolute atomic E-state index is 0.663. The Hall–Kier alpha value is -0.760. The van der Waals surface area contributed by atoms with Crippen LogP contribution in [-0.2, 0) is 0 Å². The van der Waals surface area contributed by atoms with Crippen molar-refractivity contribution in [2.45, 2.75) is 18.7 Å². The number of aryl methyl sites for hydroxylation is 2. The van der Waals surface area contributed by atoms with Gasteiger partial charge in [-0.25, -0.2) is 0 Å². The molecule has 0 radical (unpaired) electrons. The molecule has 0 spiro atoms. The summed E-state index contributed by atoms with van der Waals surface area (Å²) in [6.07, 6.45) is 0.828. The van der Waals surface area contributed by atoms with Crippen molar-refractivity contribution in [3.8, 4) is 0 Å². The normalized spacial score (nSPS) is 9.73. The molecule has 0 saturated heterocycles.